The molecule has 106 valence electrons. The average molecular weight is 271 g/mol. The molecule has 1 saturated carbocycles. The van der Waals surface area contributed by atoms with E-state index in [0.717, 1.165) is 17.7 Å². The Morgan fingerprint density at radius 3 is 2.80 bits per heavy atom. The smallest absolute Gasteiger partial charge is 0.251 e. The van der Waals surface area contributed by atoms with E-state index < -0.39 is 0 Å². The molecule has 3 heteroatoms. The number of amides is 1. The third-order valence-electron chi connectivity index (χ3n) is 3.59. The molecular formula is C17H21NO2. The lowest BCUT2D eigenvalue weighted by Crippen LogP contribution is -2.29. The van der Waals surface area contributed by atoms with Crippen molar-refractivity contribution in [3.8, 4) is 11.8 Å². The van der Waals surface area contributed by atoms with Gasteiger partial charge < -0.3 is 10.4 Å². The first kappa shape index (κ1) is 14.6. The highest BCUT2D eigenvalue weighted by atomic mass is 16.2. The highest BCUT2D eigenvalue weighted by molar-refractivity contribution is 5.94. The minimum absolute atomic E-state index is 0.0352. The van der Waals surface area contributed by atoms with E-state index in [0.29, 0.717) is 17.4 Å². The second-order valence-corrected chi connectivity index (χ2v) is 5.86. The number of rotatable bonds is 4. The molecule has 0 aromatic heterocycles. The molecule has 2 N–H and O–H groups in total. The highest BCUT2D eigenvalue weighted by Crippen LogP contribution is 2.44. The number of aliphatic hydroxyl groups excluding tert-OH is 1. The largest absolute Gasteiger partial charge is 0.395 e. The molecule has 0 heterocycles. The summed E-state index contributed by atoms with van der Waals surface area (Å²) >= 11 is 0. The van der Waals surface area contributed by atoms with Crippen LogP contribution in [-0.2, 0) is 0 Å². The molecular weight excluding hydrogens is 250 g/mol. The molecule has 1 aromatic carbocycles. The molecule has 1 aromatic rings. The van der Waals surface area contributed by atoms with E-state index >= 15 is 0 Å². The Labute approximate surface area is 120 Å². The van der Waals surface area contributed by atoms with Gasteiger partial charge in [0, 0.05) is 24.1 Å². The van der Waals surface area contributed by atoms with Crippen LogP contribution in [0.25, 0.3) is 0 Å². The first-order valence-corrected chi connectivity index (χ1v) is 7.02. The maximum Gasteiger partial charge on any atom is 0.251 e. The fourth-order valence-electron chi connectivity index (χ4n) is 1.99. The van der Waals surface area contributed by atoms with Crippen LogP contribution in [0, 0.1) is 24.2 Å². The lowest BCUT2D eigenvalue weighted by molar-refractivity contribution is 0.0946. The predicted molar refractivity (Wildman–Crippen MR) is 79.4 cm³/mol. The van der Waals surface area contributed by atoms with Crippen molar-refractivity contribution in [2.75, 3.05) is 13.2 Å². The molecule has 1 aliphatic carbocycles. The van der Waals surface area contributed by atoms with Gasteiger partial charge in [0.15, 0.2) is 0 Å². The van der Waals surface area contributed by atoms with Crippen molar-refractivity contribution >= 4 is 5.91 Å². The Kier molecular flexibility index (Phi) is 4.46. The average Bonchev–Trinajstić information content (AvgIpc) is 3.14. The molecule has 20 heavy (non-hydrogen) atoms. The Bertz CT molecular complexity index is 562. The fourth-order valence-corrected chi connectivity index (χ4v) is 1.99. The van der Waals surface area contributed by atoms with Gasteiger partial charge in [0.2, 0.25) is 0 Å². The normalized spacial score (nSPS) is 15.2. The summed E-state index contributed by atoms with van der Waals surface area (Å²) in [5, 5.41) is 11.7. The number of carbonyl (C=O) groups excluding carboxylic acids is 1. The van der Waals surface area contributed by atoms with E-state index in [-0.39, 0.29) is 12.5 Å². The van der Waals surface area contributed by atoms with Gasteiger partial charge >= 0.3 is 0 Å². The summed E-state index contributed by atoms with van der Waals surface area (Å²) in [6.07, 6.45) is 2.84. The van der Waals surface area contributed by atoms with E-state index in [1.807, 2.05) is 25.1 Å². The van der Waals surface area contributed by atoms with Gasteiger partial charge in [0.1, 0.15) is 0 Å². The molecule has 1 amide bonds. The molecule has 3 nitrogen and oxygen atoms in total. The van der Waals surface area contributed by atoms with Gasteiger partial charge in [-0.05, 0) is 48.9 Å². The second-order valence-electron chi connectivity index (χ2n) is 5.86. The summed E-state index contributed by atoms with van der Waals surface area (Å²) < 4.78 is 0. The van der Waals surface area contributed by atoms with Gasteiger partial charge in [-0.15, -0.1) is 0 Å². The van der Waals surface area contributed by atoms with Crippen LogP contribution < -0.4 is 5.32 Å². The summed E-state index contributed by atoms with van der Waals surface area (Å²) in [6, 6.07) is 5.63. The summed E-state index contributed by atoms with van der Waals surface area (Å²) in [5.74, 6) is 5.82. The van der Waals surface area contributed by atoms with Crippen LogP contribution in [0.4, 0.5) is 0 Å². The molecule has 0 spiro atoms. The predicted octanol–water partition coefficient (Wildman–Crippen LogP) is 2.26. The van der Waals surface area contributed by atoms with Crippen LogP contribution in [0.15, 0.2) is 18.2 Å². The standard InChI is InChI=1S/C17H21NO2/c1-13-9-14(5-3-4-8-19)11-15(10-13)16(20)18-12-17(2)6-7-17/h9-11,19H,4,6-8,12H2,1-2H3,(H,18,20). The highest BCUT2D eigenvalue weighted by Gasteiger charge is 2.37. The van der Waals surface area contributed by atoms with Crippen molar-refractivity contribution in [3.63, 3.8) is 0 Å². The monoisotopic (exact) mass is 271 g/mol. The Balaban J connectivity index is 2.06. The first-order chi connectivity index (χ1) is 9.52. The topological polar surface area (TPSA) is 49.3 Å². The second kappa shape index (κ2) is 6.11. The number of benzene rings is 1. The number of hydrogen-bond acceptors (Lipinski definition) is 2. The van der Waals surface area contributed by atoms with E-state index in [9.17, 15) is 4.79 Å². The van der Waals surface area contributed by atoms with Gasteiger partial charge in [-0.2, -0.15) is 0 Å². The van der Waals surface area contributed by atoms with Crippen molar-refractivity contribution < 1.29 is 9.90 Å². The Morgan fingerprint density at radius 2 is 2.15 bits per heavy atom. The minimum Gasteiger partial charge on any atom is -0.395 e. The first-order valence-electron chi connectivity index (χ1n) is 7.02. The lowest BCUT2D eigenvalue weighted by Gasteiger charge is -2.10. The molecule has 0 aliphatic heterocycles. The van der Waals surface area contributed by atoms with Crippen LogP contribution in [0.2, 0.25) is 0 Å². The van der Waals surface area contributed by atoms with Crippen LogP contribution >= 0.6 is 0 Å². The molecule has 1 fully saturated rings. The summed E-state index contributed by atoms with van der Waals surface area (Å²) in [4.78, 5) is 12.2. The van der Waals surface area contributed by atoms with Crippen LogP contribution in [-0.4, -0.2) is 24.2 Å². The van der Waals surface area contributed by atoms with Crippen molar-refractivity contribution in [1.82, 2.24) is 5.32 Å². The Hall–Kier alpha value is -1.79. The SMILES string of the molecule is Cc1cc(C#CCCO)cc(C(=O)NCC2(C)CC2)c1. The van der Waals surface area contributed by atoms with Crippen molar-refractivity contribution in [3.05, 3.63) is 34.9 Å². The molecule has 0 bridgehead atoms. The van der Waals surface area contributed by atoms with Crippen molar-refractivity contribution in [1.29, 1.82) is 0 Å². The molecule has 0 saturated heterocycles. The number of aryl methyl sites for hydroxylation is 1. The van der Waals surface area contributed by atoms with E-state index in [2.05, 4.69) is 24.1 Å². The minimum atomic E-state index is -0.0352. The maximum atomic E-state index is 12.2. The van der Waals surface area contributed by atoms with Gasteiger partial charge in [-0.3, -0.25) is 4.79 Å². The van der Waals surface area contributed by atoms with Crippen LogP contribution in [0.3, 0.4) is 0 Å². The molecule has 1 aliphatic rings. The van der Waals surface area contributed by atoms with Gasteiger partial charge in [-0.1, -0.05) is 18.8 Å². The number of carbonyl (C=O) groups is 1. The van der Waals surface area contributed by atoms with Gasteiger partial charge in [0.05, 0.1) is 6.61 Å². The zero-order valence-electron chi connectivity index (χ0n) is 12.1. The third-order valence-corrected chi connectivity index (χ3v) is 3.59. The van der Waals surface area contributed by atoms with Gasteiger partial charge in [-0.25, -0.2) is 0 Å². The third kappa shape index (κ3) is 4.11. The number of hydrogen-bond donors (Lipinski definition) is 2. The van der Waals surface area contributed by atoms with Crippen molar-refractivity contribution in [2.45, 2.75) is 33.1 Å². The molecule has 0 radical (unpaired) electrons. The van der Waals surface area contributed by atoms with Crippen molar-refractivity contribution in [2.24, 2.45) is 5.41 Å². The quantitative estimate of drug-likeness (QED) is 0.825. The summed E-state index contributed by atoms with van der Waals surface area (Å²) in [7, 11) is 0. The molecule has 0 unspecified atom stereocenters. The van der Waals surface area contributed by atoms with E-state index in [1.54, 1.807) is 0 Å². The fraction of sp³-hybridized carbons (Fsp3) is 0.471. The van der Waals surface area contributed by atoms with E-state index in [4.69, 9.17) is 5.11 Å². The van der Waals surface area contributed by atoms with Crippen LogP contribution in [0.1, 0.15) is 47.7 Å². The number of nitrogens with one attached hydrogen (secondary N) is 1. The molecule has 0 atom stereocenters. The Morgan fingerprint density at radius 1 is 1.40 bits per heavy atom. The molecule has 2 rings (SSSR count). The summed E-state index contributed by atoms with van der Waals surface area (Å²) in [6.45, 7) is 4.95. The van der Waals surface area contributed by atoms with E-state index in [1.165, 1.54) is 12.8 Å². The summed E-state index contributed by atoms with van der Waals surface area (Å²) in [5.41, 5.74) is 2.80. The van der Waals surface area contributed by atoms with Crippen LogP contribution in [0.5, 0.6) is 0 Å². The zero-order valence-corrected chi connectivity index (χ0v) is 12.1. The number of aliphatic hydroxyl groups is 1. The maximum absolute atomic E-state index is 12.2. The van der Waals surface area contributed by atoms with Gasteiger partial charge in [0.25, 0.3) is 5.91 Å². The lowest BCUT2D eigenvalue weighted by atomic mass is 10.1. The zero-order chi connectivity index (χ0) is 14.6.